The van der Waals surface area contributed by atoms with Gasteiger partial charge >= 0.3 is 5.97 Å². The number of ether oxygens (including phenoxy) is 2. The van der Waals surface area contributed by atoms with Gasteiger partial charge in [0.1, 0.15) is 11.4 Å². The molecule has 0 bridgehead atoms. The molecule has 0 spiro atoms. The minimum atomic E-state index is -1.50. The van der Waals surface area contributed by atoms with Crippen molar-refractivity contribution in [1.82, 2.24) is 5.32 Å². The fourth-order valence-corrected chi connectivity index (χ4v) is 5.14. The van der Waals surface area contributed by atoms with Crippen LogP contribution >= 0.6 is 0 Å². The van der Waals surface area contributed by atoms with Gasteiger partial charge in [-0.3, -0.25) is 4.79 Å². The van der Waals surface area contributed by atoms with Gasteiger partial charge in [-0.25, -0.2) is 4.79 Å². The van der Waals surface area contributed by atoms with Crippen LogP contribution in [0.1, 0.15) is 38.7 Å². The van der Waals surface area contributed by atoms with Crippen molar-refractivity contribution in [3.05, 3.63) is 173 Å². The first-order valence-electron chi connectivity index (χ1n) is 13.6. The van der Waals surface area contributed by atoms with Crippen molar-refractivity contribution in [2.45, 2.75) is 17.7 Å². The van der Waals surface area contributed by atoms with E-state index in [-0.39, 0.29) is 0 Å². The summed E-state index contributed by atoms with van der Waals surface area (Å²) in [6.07, 6.45) is -1.50. The topological polar surface area (TPSA) is 84.9 Å². The summed E-state index contributed by atoms with van der Waals surface area (Å²) in [7, 11) is 1.59. The lowest BCUT2D eigenvalue weighted by atomic mass is 9.79. The Hall–Kier alpha value is -5.20. The third kappa shape index (κ3) is 5.94. The third-order valence-corrected chi connectivity index (χ3v) is 7.19. The van der Waals surface area contributed by atoms with Gasteiger partial charge in [-0.05, 0) is 46.5 Å². The van der Waals surface area contributed by atoms with Gasteiger partial charge in [0.15, 0.2) is 6.10 Å². The molecule has 0 radical (unpaired) electrons. The van der Waals surface area contributed by atoms with Crippen molar-refractivity contribution >= 4 is 11.9 Å². The lowest BCUT2D eigenvalue weighted by molar-refractivity contribution is -0.161. The number of nitrogens with one attached hydrogen (secondary N) is 1. The first kappa shape index (κ1) is 28.3. The van der Waals surface area contributed by atoms with E-state index in [0.29, 0.717) is 22.4 Å². The molecular formula is C36H31NO5. The minimum Gasteiger partial charge on any atom is -0.497 e. The van der Waals surface area contributed by atoms with E-state index < -0.39 is 29.6 Å². The van der Waals surface area contributed by atoms with Crippen LogP contribution in [0.25, 0.3) is 0 Å². The smallest absolute Gasteiger partial charge is 0.335 e. The fourth-order valence-electron chi connectivity index (χ4n) is 5.14. The molecule has 0 aromatic heterocycles. The Balaban J connectivity index is 1.70. The Labute approximate surface area is 245 Å². The Morgan fingerprint density at radius 2 is 1.10 bits per heavy atom. The fraction of sp³-hybridized carbons (Fsp3) is 0.111. The van der Waals surface area contributed by atoms with Crippen LogP contribution in [0.3, 0.4) is 0 Å². The zero-order valence-corrected chi connectivity index (χ0v) is 23.1. The predicted octanol–water partition coefficient (Wildman–Crippen LogP) is 6.63. The monoisotopic (exact) mass is 557 g/mol. The summed E-state index contributed by atoms with van der Waals surface area (Å²) >= 11 is 0. The summed E-state index contributed by atoms with van der Waals surface area (Å²) < 4.78 is 12.3. The summed E-state index contributed by atoms with van der Waals surface area (Å²) in [5.74, 6) is -0.975. The standard InChI is InChI=1S/C36H31NO5/c1-41-31-24-22-30(23-25-31)36(28-18-10-4-11-19-28,29-20-12-5-13-21-29)42-33(35(39)40)32(26-14-6-2-7-15-26)37-34(38)27-16-8-3-9-17-27/h2-25,32-33H,1H3,(H,37,38)(H,39,40)/t32-,33+/m0/s1. The summed E-state index contributed by atoms with van der Waals surface area (Å²) in [5, 5.41) is 13.7. The van der Waals surface area contributed by atoms with Gasteiger partial charge in [-0.2, -0.15) is 0 Å². The van der Waals surface area contributed by atoms with Crippen LogP contribution in [0.5, 0.6) is 5.75 Å². The average molecular weight is 558 g/mol. The summed E-state index contributed by atoms with van der Waals surface area (Å²) in [4.78, 5) is 26.6. The number of benzene rings is 5. The summed E-state index contributed by atoms with van der Waals surface area (Å²) in [6, 6.07) is 43.1. The molecule has 2 N–H and O–H groups in total. The number of aliphatic carboxylic acids is 1. The van der Waals surface area contributed by atoms with Gasteiger partial charge in [-0.1, -0.05) is 121 Å². The number of methoxy groups -OCH3 is 1. The normalized spacial score (nSPS) is 12.6. The van der Waals surface area contributed by atoms with Crippen LogP contribution in [-0.2, 0) is 15.1 Å². The molecule has 0 saturated carbocycles. The largest absolute Gasteiger partial charge is 0.497 e. The first-order valence-corrected chi connectivity index (χ1v) is 13.6. The van der Waals surface area contributed by atoms with Crippen LogP contribution in [0.2, 0.25) is 0 Å². The number of carboxylic acid groups (broad SMARTS) is 1. The van der Waals surface area contributed by atoms with Crippen molar-refractivity contribution in [1.29, 1.82) is 0 Å². The molecule has 42 heavy (non-hydrogen) atoms. The van der Waals surface area contributed by atoms with Crippen LogP contribution < -0.4 is 10.1 Å². The third-order valence-electron chi connectivity index (χ3n) is 7.19. The van der Waals surface area contributed by atoms with Crippen LogP contribution in [-0.4, -0.2) is 30.2 Å². The predicted molar refractivity (Wildman–Crippen MR) is 161 cm³/mol. The number of hydrogen-bond donors (Lipinski definition) is 2. The maximum atomic E-state index is 13.4. The number of amides is 1. The van der Waals surface area contributed by atoms with Gasteiger partial charge in [0.25, 0.3) is 5.91 Å². The van der Waals surface area contributed by atoms with E-state index in [1.165, 1.54) is 0 Å². The molecule has 6 nitrogen and oxygen atoms in total. The summed E-state index contributed by atoms with van der Waals surface area (Å²) in [6.45, 7) is 0. The van der Waals surface area contributed by atoms with Gasteiger partial charge in [0, 0.05) is 5.56 Å². The molecule has 5 rings (SSSR count). The van der Waals surface area contributed by atoms with E-state index in [1.807, 2.05) is 97.1 Å². The van der Waals surface area contributed by atoms with Gasteiger partial charge < -0.3 is 19.9 Å². The molecule has 6 heteroatoms. The Kier molecular flexibility index (Phi) is 8.75. The van der Waals surface area contributed by atoms with Crippen LogP contribution in [0.15, 0.2) is 146 Å². The van der Waals surface area contributed by atoms with Crippen LogP contribution in [0.4, 0.5) is 0 Å². The number of carbonyl (C=O) groups excluding carboxylic acids is 1. The first-order chi connectivity index (χ1) is 20.5. The number of rotatable bonds is 11. The van der Waals surface area contributed by atoms with Crippen molar-refractivity contribution in [3.63, 3.8) is 0 Å². The van der Waals surface area contributed by atoms with E-state index in [1.54, 1.807) is 55.6 Å². The Morgan fingerprint density at radius 1 is 0.643 bits per heavy atom. The second kappa shape index (κ2) is 13.0. The molecule has 0 unspecified atom stereocenters. The highest BCUT2D eigenvalue weighted by atomic mass is 16.5. The lowest BCUT2D eigenvalue weighted by Gasteiger charge is -2.40. The van der Waals surface area contributed by atoms with E-state index in [0.717, 1.165) is 11.1 Å². The SMILES string of the molecule is COc1ccc(C(O[C@@H](C(=O)O)[C@@H](NC(=O)c2ccccc2)c2ccccc2)(c2ccccc2)c2ccccc2)cc1. The number of carboxylic acids is 1. The van der Waals surface area contributed by atoms with Gasteiger partial charge in [-0.15, -0.1) is 0 Å². The molecule has 210 valence electrons. The lowest BCUT2D eigenvalue weighted by Crippen LogP contribution is -2.47. The molecule has 5 aromatic carbocycles. The maximum Gasteiger partial charge on any atom is 0.335 e. The van der Waals surface area contributed by atoms with Crippen molar-refractivity contribution in [3.8, 4) is 5.75 Å². The molecule has 0 aliphatic heterocycles. The van der Waals surface area contributed by atoms with Crippen molar-refractivity contribution < 1.29 is 24.2 Å². The second-order valence-electron chi connectivity index (χ2n) is 9.75. The highest BCUT2D eigenvalue weighted by Crippen LogP contribution is 2.43. The average Bonchev–Trinajstić information content (AvgIpc) is 3.06. The highest BCUT2D eigenvalue weighted by molar-refractivity contribution is 5.94. The van der Waals surface area contributed by atoms with Crippen molar-refractivity contribution in [2.75, 3.05) is 7.11 Å². The van der Waals surface area contributed by atoms with Gasteiger partial charge in [0.05, 0.1) is 13.2 Å². The minimum absolute atomic E-state index is 0.409. The summed E-state index contributed by atoms with van der Waals surface area (Å²) in [5.41, 5.74) is 1.81. The zero-order chi connectivity index (χ0) is 29.4. The molecule has 2 atom stereocenters. The van der Waals surface area contributed by atoms with E-state index in [9.17, 15) is 14.7 Å². The number of carbonyl (C=O) groups is 2. The molecule has 5 aromatic rings. The quantitative estimate of drug-likeness (QED) is 0.178. The molecular weight excluding hydrogens is 526 g/mol. The van der Waals surface area contributed by atoms with E-state index in [4.69, 9.17) is 9.47 Å². The van der Waals surface area contributed by atoms with E-state index in [2.05, 4.69) is 5.32 Å². The molecule has 0 saturated heterocycles. The molecule has 0 heterocycles. The van der Waals surface area contributed by atoms with Crippen LogP contribution in [0, 0.1) is 0 Å². The van der Waals surface area contributed by atoms with Gasteiger partial charge in [0.2, 0.25) is 0 Å². The Morgan fingerprint density at radius 3 is 1.57 bits per heavy atom. The van der Waals surface area contributed by atoms with Crippen molar-refractivity contribution in [2.24, 2.45) is 0 Å². The molecule has 0 aliphatic carbocycles. The maximum absolute atomic E-state index is 13.4. The zero-order valence-electron chi connectivity index (χ0n) is 23.1. The van der Waals surface area contributed by atoms with E-state index >= 15 is 0 Å². The number of hydrogen-bond acceptors (Lipinski definition) is 4. The second-order valence-corrected chi connectivity index (χ2v) is 9.75. The highest BCUT2D eigenvalue weighted by Gasteiger charge is 2.45. The molecule has 0 fully saturated rings. The molecule has 0 aliphatic rings. The Bertz CT molecular complexity index is 1550. The molecule has 1 amide bonds.